The van der Waals surface area contributed by atoms with Crippen LogP contribution in [-0.4, -0.2) is 5.54 Å². The Bertz CT molecular complexity index is 412. The summed E-state index contributed by atoms with van der Waals surface area (Å²) in [6, 6.07) is 2.07. The van der Waals surface area contributed by atoms with Gasteiger partial charge in [0.2, 0.25) is 0 Å². The van der Waals surface area contributed by atoms with E-state index in [2.05, 4.69) is 18.3 Å². The zero-order valence-electron chi connectivity index (χ0n) is 11.2. The van der Waals surface area contributed by atoms with Crippen LogP contribution in [0.2, 0.25) is 0 Å². The van der Waals surface area contributed by atoms with Crippen LogP contribution in [0.5, 0.6) is 0 Å². The largest absolute Gasteiger partial charge is 0.468 e. The van der Waals surface area contributed by atoms with Gasteiger partial charge in [-0.2, -0.15) is 0 Å². The minimum Gasteiger partial charge on any atom is -0.468 e. The molecule has 5 rings (SSSR count). The van der Waals surface area contributed by atoms with Crippen LogP contribution in [0.1, 0.15) is 49.8 Å². The van der Waals surface area contributed by atoms with Gasteiger partial charge in [-0.15, -0.1) is 0 Å². The lowest BCUT2D eigenvalue weighted by Gasteiger charge is -2.57. The Labute approximate surface area is 109 Å². The SMILES string of the molecule is Cc1ccoc1CNC12CC3CC(CC(C3)C1)C2. The molecule has 0 amide bonds. The summed E-state index contributed by atoms with van der Waals surface area (Å²) < 4.78 is 5.57. The van der Waals surface area contributed by atoms with Crippen LogP contribution in [0, 0.1) is 24.7 Å². The fraction of sp³-hybridized carbons (Fsp3) is 0.750. The Morgan fingerprint density at radius 2 is 1.78 bits per heavy atom. The molecule has 0 atom stereocenters. The molecule has 4 fully saturated rings. The lowest BCUT2D eigenvalue weighted by Crippen LogP contribution is -2.58. The van der Waals surface area contributed by atoms with E-state index in [0.29, 0.717) is 5.54 Å². The molecule has 2 nitrogen and oxygen atoms in total. The summed E-state index contributed by atoms with van der Waals surface area (Å²) in [5, 5.41) is 3.88. The van der Waals surface area contributed by atoms with E-state index >= 15 is 0 Å². The second kappa shape index (κ2) is 3.86. The molecule has 4 aliphatic rings. The number of hydrogen-bond acceptors (Lipinski definition) is 2. The van der Waals surface area contributed by atoms with Gasteiger partial charge in [-0.1, -0.05) is 0 Å². The average molecular weight is 245 g/mol. The van der Waals surface area contributed by atoms with Gasteiger partial charge in [0, 0.05) is 5.54 Å². The first-order chi connectivity index (χ1) is 8.72. The van der Waals surface area contributed by atoms with Crippen LogP contribution in [0.4, 0.5) is 0 Å². The second-order valence-corrected chi connectivity index (χ2v) is 7.08. The highest BCUT2D eigenvalue weighted by atomic mass is 16.3. The maximum Gasteiger partial charge on any atom is 0.120 e. The second-order valence-electron chi connectivity index (χ2n) is 7.08. The van der Waals surface area contributed by atoms with E-state index in [0.717, 1.165) is 30.1 Å². The van der Waals surface area contributed by atoms with Crippen molar-refractivity contribution in [3.05, 3.63) is 23.7 Å². The first kappa shape index (κ1) is 11.1. The number of hydrogen-bond donors (Lipinski definition) is 1. The molecule has 0 saturated heterocycles. The predicted octanol–water partition coefficient (Wildman–Crippen LogP) is 3.65. The first-order valence-corrected chi connectivity index (χ1v) is 7.50. The molecule has 0 aromatic carbocycles. The molecule has 98 valence electrons. The summed E-state index contributed by atoms with van der Waals surface area (Å²) in [7, 11) is 0. The van der Waals surface area contributed by atoms with Gasteiger partial charge in [0.1, 0.15) is 5.76 Å². The topological polar surface area (TPSA) is 25.2 Å². The van der Waals surface area contributed by atoms with Gasteiger partial charge < -0.3 is 9.73 Å². The van der Waals surface area contributed by atoms with E-state index < -0.39 is 0 Å². The molecular formula is C16H23NO. The molecule has 2 heteroatoms. The Morgan fingerprint density at radius 3 is 2.28 bits per heavy atom. The van der Waals surface area contributed by atoms with Gasteiger partial charge in [0.15, 0.2) is 0 Å². The van der Waals surface area contributed by atoms with Crippen molar-refractivity contribution < 1.29 is 4.42 Å². The summed E-state index contributed by atoms with van der Waals surface area (Å²) in [6.45, 7) is 3.06. The molecule has 18 heavy (non-hydrogen) atoms. The minimum atomic E-state index is 0.452. The smallest absolute Gasteiger partial charge is 0.120 e. The maximum absolute atomic E-state index is 5.57. The van der Waals surface area contributed by atoms with E-state index in [-0.39, 0.29) is 0 Å². The van der Waals surface area contributed by atoms with Crippen molar-refractivity contribution in [3.8, 4) is 0 Å². The summed E-state index contributed by atoms with van der Waals surface area (Å²) in [5.74, 6) is 4.18. The fourth-order valence-corrected chi connectivity index (χ4v) is 5.18. The Kier molecular flexibility index (Phi) is 2.38. The highest BCUT2D eigenvalue weighted by Crippen LogP contribution is 2.55. The van der Waals surface area contributed by atoms with Crippen molar-refractivity contribution in [3.63, 3.8) is 0 Å². The van der Waals surface area contributed by atoms with E-state index in [1.165, 1.54) is 44.1 Å². The van der Waals surface area contributed by atoms with Gasteiger partial charge in [-0.25, -0.2) is 0 Å². The van der Waals surface area contributed by atoms with Crippen LogP contribution in [0.15, 0.2) is 16.7 Å². The minimum absolute atomic E-state index is 0.452. The Morgan fingerprint density at radius 1 is 1.17 bits per heavy atom. The van der Waals surface area contributed by atoms with Gasteiger partial charge >= 0.3 is 0 Å². The summed E-state index contributed by atoms with van der Waals surface area (Å²) in [4.78, 5) is 0. The van der Waals surface area contributed by atoms with Crippen LogP contribution in [0.3, 0.4) is 0 Å². The maximum atomic E-state index is 5.57. The molecule has 1 N–H and O–H groups in total. The molecule has 1 aromatic heterocycles. The Balaban J connectivity index is 1.49. The monoisotopic (exact) mass is 245 g/mol. The predicted molar refractivity (Wildman–Crippen MR) is 71.2 cm³/mol. The van der Waals surface area contributed by atoms with Crippen LogP contribution >= 0.6 is 0 Å². The van der Waals surface area contributed by atoms with Crippen molar-refractivity contribution >= 4 is 0 Å². The molecule has 0 aliphatic heterocycles. The summed E-state index contributed by atoms with van der Waals surface area (Å²) in [5.41, 5.74) is 1.74. The van der Waals surface area contributed by atoms with Crippen molar-refractivity contribution in [2.45, 2.75) is 57.5 Å². The molecule has 4 saturated carbocycles. The fourth-order valence-electron chi connectivity index (χ4n) is 5.18. The lowest BCUT2D eigenvalue weighted by atomic mass is 9.53. The molecule has 0 unspecified atom stereocenters. The van der Waals surface area contributed by atoms with Crippen molar-refractivity contribution in [2.75, 3.05) is 0 Å². The first-order valence-electron chi connectivity index (χ1n) is 7.50. The van der Waals surface area contributed by atoms with Gasteiger partial charge in [-0.3, -0.25) is 0 Å². The molecule has 1 aromatic rings. The lowest BCUT2D eigenvalue weighted by molar-refractivity contribution is -0.0213. The van der Waals surface area contributed by atoms with Gasteiger partial charge in [-0.05, 0) is 74.8 Å². The zero-order chi connectivity index (χ0) is 12.2. The van der Waals surface area contributed by atoms with E-state index in [1.807, 2.05) is 6.26 Å². The van der Waals surface area contributed by atoms with Crippen molar-refractivity contribution in [1.82, 2.24) is 5.32 Å². The highest BCUT2D eigenvalue weighted by molar-refractivity contribution is 5.15. The van der Waals surface area contributed by atoms with E-state index in [9.17, 15) is 0 Å². The normalized spacial score (nSPS) is 41.5. The van der Waals surface area contributed by atoms with Gasteiger partial charge in [0.25, 0.3) is 0 Å². The third kappa shape index (κ3) is 1.73. The van der Waals surface area contributed by atoms with Crippen LogP contribution < -0.4 is 5.32 Å². The summed E-state index contributed by atoms with van der Waals surface area (Å²) >= 11 is 0. The van der Waals surface area contributed by atoms with Crippen LogP contribution in [-0.2, 0) is 6.54 Å². The van der Waals surface area contributed by atoms with E-state index in [4.69, 9.17) is 4.42 Å². The molecular weight excluding hydrogens is 222 g/mol. The molecule has 1 heterocycles. The Hall–Kier alpha value is -0.760. The third-order valence-electron chi connectivity index (χ3n) is 5.63. The van der Waals surface area contributed by atoms with Crippen molar-refractivity contribution in [2.24, 2.45) is 17.8 Å². The van der Waals surface area contributed by atoms with Gasteiger partial charge in [0.05, 0.1) is 12.8 Å². The zero-order valence-corrected chi connectivity index (χ0v) is 11.2. The number of rotatable bonds is 3. The number of nitrogens with one attached hydrogen (secondary N) is 1. The molecule has 4 bridgehead atoms. The van der Waals surface area contributed by atoms with Crippen molar-refractivity contribution in [1.29, 1.82) is 0 Å². The highest BCUT2D eigenvalue weighted by Gasteiger charge is 2.50. The molecule has 4 aliphatic carbocycles. The van der Waals surface area contributed by atoms with Crippen LogP contribution in [0.25, 0.3) is 0 Å². The number of furan rings is 1. The quantitative estimate of drug-likeness (QED) is 0.879. The molecule has 0 spiro atoms. The number of aryl methyl sites for hydroxylation is 1. The third-order valence-corrected chi connectivity index (χ3v) is 5.63. The van der Waals surface area contributed by atoms with E-state index in [1.54, 1.807) is 0 Å². The average Bonchev–Trinajstić information content (AvgIpc) is 2.70. The standard InChI is InChI=1S/C16H23NO/c1-11-2-3-18-15(11)10-17-16-7-12-4-13(8-16)6-14(5-12)9-16/h2-3,12-14,17H,4-10H2,1H3. The molecule has 0 radical (unpaired) electrons. The summed E-state index contributed by atoms with van der Waals surface area (Å²) in [6.07, 6.45) is 10.6.